The molecular weight excluding hydrogens is 186 g/mol. The van der Waals surface area contributed by atoms with Crippen molar-refractivity contribution < 1.29 is 19.0 Å². The van der Waals surface area contributed by atoms with Crippen molar-refractivity contribution in [2.45, 2.75) is 13.3 Å². The Morgan fingerprint density at radius 1 is 1.00 bits per heavy atom. The van der Waals surface area contributed by atoms with E-state index in [2.05, 4.69) is 0 Å². The summed E-state index contributed by atoms with van der Waals surface area (Å²) in [7, 11) is 0. The van der Waals surface area contributed by atoms with E-state index in [0.717, 1.165) is 0 Å². The molecule has 0 fully saturated rings. The van der Waals surface area contributed by atoms with E-state index in [-0.39, 0.29) is 12.3 Å². The summed E-state index contributed by atoms with van der Waals surface area (Å²) in [5.41, 5.74) is 4.92. The van der Waals surface area contributed by atoms with Crippen LogP contribution in [-0.4, -0.2) is 45.5 Å². The molecular formula is C9H19NO4. The molecule has 0 saturated carbocycles. The van der Waals surface area contributed by atoms with Crippen LogP contribution in [0.15, 0.2) is 0 Å². The fourth-order valence-electron chi connectivity index (χ4n) is 0.757. The van der Waals surface area contributed by atoms with Gasteiger partial charge in [-0.3, -0.25) is 4.79 Å². The standard InChI is InChI=1S/C9H19NO4/c1-2-12-5-6-14-8-7-13-4-3-9(10)11/h2-8H2,1H3,(H2,10,11). The number of primary amides is 1. The van der Waals surface area contributed by atoms with Gasteiger partial charge in [0.1, 0.15) is 0 Å². The monoisotopic (exact) mass is 205 g/mol. The molecule has 0 aromatic heterocycles. The maximum absolute atomic E-state index is 10.3. The Morgan fingerprint density at radius 3 is 2.00 bits per heavy atom. The molecule has 2 N–H and O–H groups in total. The summed E-state index contributed by atoms with van der Waals surface area (Å²) in [6.07, 6.45) is 0.263. The largest absolute Gasteiger partial charge is 0.379 e. The molecule has 0 aromatic carbocycles. The van der Waals surface area contributed by atoms with Crippen LogP contribution in [0.3, 0.4) is 0 Å². The molecule has 0 aliphatic rings. The fourth-order valence-corrected chi connectivity index (χ4v) is 0.757. The Labute approximate surface area is 84.5 Å². The van der Waals surface area contributed by atoms with Crippen LogP contribution in [0.4, 0.5) is 0 Å². The molecule has 5 nitrogen and oxygen atoms in total. The molecule has 0 aliphatic heterocycles. The molecule has 0 aromatic rings. The van der Waals surface area contributed by atoms with E-state index in [1.165, 1.54) is 0 Å². The van der Waals surface area contributed by atoms with Crippen LogP contribution in [0.2, 0.25) is 0 Å². The molecule has 0 unspecified atom stereocenters. The van der Waals surface area contributed by atoms with Gasteiger partial charge in [0.05, 0.1) is 33.0 Å². The summed E-state index contributed by atoms with van der Waals surface area (Å²) in [5.74, 6) is -0.345. The van der Waals surface area contributed by atoms with E-state index < -0.39 is 0 Å². The highest BCUT2D eigenvalue weighted by Crippen LogP contribution is 1.83. The van der Waals surface area contributed by atoms with Crippen molar-refractivity contribution in [3.8, 4) is 0 Å². The van der Waals surface area contributed by atoms with Gasteiger partial charge in [-0.1, -0.05) is 0 Å². The van der Waals surface area contributed by atoms with Crippen molar-refractivity contribution >= 4 is 5.91 Å². The quantitative estimate of drug-likeness (QED) is 0.507. The van der Waals surface area contributed by atoms with Crippen molar-refractivity contribution in [2.75, 3.05) is 39.6 Å². The first kappa shape index (κ1) is 13.4. The van der Waals surface area contributed by atoms with Crippen LogP contribution in [0, 0.1) is 0 Å². The van der Waals surface area contributed by atoms with Crippen molar-refractivity contribution in [3.05, 3.63) is 0 Å². The van der Waals surface area contributed by atoms with Gasteiger partial charge < -0.3 is 19.9 Å². The zero-order valence-corrected chi connectivity index (χ0v) is 8.66. The van der Waals surface area contributed by atoms with Crippen molar-refractivity contribution in [1.82, 2.24) is 0 Å². The molecule has 0 aliphatic carbocycles. The Bertz CT molecular complexity index is 141. The molecule has 14 heavy (non-hydrogen) atoms. The Kier molecular flexibility index (Phi) is 9.95. The van der Waals surface area contributed by atoms with Gasteiger partial charge in [0.25, 0.3) is 0 Å². The normalized spacial score (nSPS) is 10.4. The summed E-state index contributed by atoms with van der Waals surface area (Å²) in [6, 6.07) is 0. The smallest absolute Gasteiger partial charge is 0.219 e. The third kappa shape index (κ3) is 11.4. The number of carbonyl (C=O) groups is 1. The van der Waals surface area contributed by atoms with Crippen LogP contribution in [-0.2, 0) is 19.0 Å². The fraction of sp³-hybridized carbons (Fsp3) is 0.889. The third-order valence-corrected chi connectivity index (χ3v) is 1.44. The molecule has 0 heterocycles. The highest BCUT2D eigenvalue weighted by atomic mass is 16.5. The number of hydrogen-bond acceptors (Lipinski definition) is 4. The second-order valence-electron chi connectivity index (χ2n) is 2.64. The maximum Gasteiger partial charge on any atom is 0.219 e. The molecule has 5 heteroatoms. The summed E-state index contributed by atoms with van der Waals surface area (Å²) >= 11 is 0. The lowest BCUT2D eigenvalue weighted by atomic mass is 10.4. The van der Waals surface area contributed by atoms with Gasteiger partial charge in [-0.15, -0.1) is 0 Å². The minimum Gasteiger partial charge on any atom is -0.379 e. The first-order chi connectivity index (χ1) is 6.77. The first-order valence-corrected chi connectivity index (χ1v) is 4.79. The molecule has 1 amide bonds. The van der Waals surface area contributed by atoms with E-state index >= 15 is 0 Å². The highest BCUT2D eigenvalue weighted by Gasteiger charge is 1.94. The second kappa shape index (κ2) is 10.4. The van der Waals surface area contributed by atoms with E-state index in [1.54, 1.807) is 0 Å². The Morgan fingerprint density at radius 2 is 1.50 bits per heavy atom. The van der Waals surface area contributed by atoms with E-state index in [0.29, 0.717) is 39.6 Å². The number of amides is 1. The van der Waals surface area contributed by atoms with Gasteiger partial charge in [0, 0.05) is 13.0 Å². The predicted molar refractivity (Wildman–Crippen MR) is 51.9 cm³/mol. The number of carbonyl (C=O) groups excluding carboxylic acids is 1. The van der Waals surface area contributed by atoms with Crippen LogP contribution in [0.25, 0.3) is 0 Å². The van der Waals surface area contributed by atoms with Crippen LogP contribution < -0.4 is 5.73 Å². The molecule has 0 saturated heterocycles. The van der Waals surface area contributed by atoms with Crippen LogP contribution >= 0.6 is 0 Å². The van der Waals surface area contributed by atoms with Gasteiger partial charge >= 0.3 is 0 Å². The summed E-state index contributed by atoms with van der Waals surface area (Å²) in [5, 5.41) is 0. The van der Waals surface area contributed by atoms with Gasteiger partial charge in [-0.25, -0.2) is 0 Å². The SMILES string of the molecule is CCOCCOCCOCCC(N)=O. The topological polar surface area (TPSA) is 70.8 Å². The van der Waals surface area contributed by atoms with Gasteiger partial charge in [-0.2, -0.15) is 0 Å². The zero-order valence-electron chi connectivity index (χ0n) is 8.66. The molecule has 0 bridgehead atoms. The lowest BCUT2D eigenvalue weighted by molar-refractivity contribution is -0.119. The lowest BCUT2D eigenvalue weighted by Crippen LogP contribution is -2.15. The minimum atomic E-state index is -0.345. The predicted octanol–water partition coefficient (Wildman–Crippen LogP) is -0.0685. The third-order valence-electron chi connectivity index (χ3n) is 1.44. The first-order valence-electron chi connectivity index (χ1n) is 4.79. The lowest BCUT2D eigenvalue weighted by Gasteiger charge is -2.04. The summed E-state index contributed by atoms with van der Waals surface area (Å²) in [4.78, 5) is 10.3. The molecule has 0 spiro atoms. The Hall–Kier alpha value is -0.650. The van der Waals surface area contributed by atoms with Crippen LogP contribution in [0.1, 0.15) is 13.3 Å². The van der Waals surface area contributed by atoms with E-state index in [1.807, 2.05) is 6.92 Å². The van der Waals surface area contributed by atoms with Crippen molar-refractivity contribution in [3.63, 3.8) is 0 Å². The van der Waals surface area contributed by atoms with Crippen molar-refractivity contribution in [1.29, 1.82) is 0 Å². The van der Waals surface area contributed by atoms with Gasteiger partial charge in [0.15, 0.2) is 0 Å². The highest BCUT2D eigenvalue weighted by molar-refractivity contribution is 5.73. The molecule has 0 rings (SSSR count). The summed E-state index contributed by atoms with van der Waals surface area (Å²) < 4.78 is 15.3. The minimum absolute atomic E-state index is 0.263. The second-order valence-corrected chi connectivity index (χ2v) is 2.64. The Balaban J connectivity index is 2.88. The maximum atomic E-state index is 10.3. The van der Waals surface area contributed by atoms with Crippen LogP contribution in [0.5, 0.6) is 0 Å². The number of ether oxygens (including phenoxy) is 3. The zero-order chi connectivity index (χ0) is 10.6. The molecule has 0 atom stereocenters. The van der Waals surface area contributed by atoms with Crippen molar-refractivity contribution in [2.24, 2.45) is 5.73 Å². The van der Waals surface area contributed by atoms with Gasteiger partial charge in [-0.05, 0) is 6.92 Å². The number of hydrogen-bond donors (Lipinski definition) is 1. The number of rotatable bonds is 10. The average Bonchev–Trinajstić information content (AvgIpc) is 2.15. The van der Waals surface area contributed by atoms with E-state index in [9.17, 15) is 4.79 Å². The average molecular weight is 205 g/mol. The molecule has 84 valence electrons. The number of nitrogens with two attached hydrogens (primary N) is 1. The summed E-state index contributed by atoms with van der Waals surface area (Å²) in [6.45, 7) is 5.20. The van der Waals surface area contributed by atoms with E-state index in [4.69, 9.17) is 19.9 Å². The molecule has 0 radical (unpaired) electrons. The van der Waals surface area contributed by atoms with Gasteiger partial charge in [0.2, 0.25) is 5.91 Å².